The van der Waals surface area contributed by atoms with E-state index in [1.165, 1.54) is 6.20 Å². The minimum absolute atomic E-state index is 0.00918. The maximum Gasteiger partial charge on any atom is 0.221 e. The van der Waals surface area contributed by atoms with Crippen molar-refractivity contribution in [2.75, 3.05) is 29.9 Å². The lowest BCUT2D eigenvalue weighted by atomic mass is 10.5. The first kappa shape index (κ1) is 12.7. The fourth-order valence-corrected chi connectivity index (χ4v) is 2.03. The summed E-state index contributed by atoms with van der Waals surface area (Å²) in [5, 5.41) is 2.85. The third-order valence-electron chi connectivity index (χ3n) is 1.72. The molecule has 0 spiro atoms. The van der Waals surface area contributed by atoms with Gasteiger partial charge in [0.1, 0.15) is 5.82 Å². The van der Waals surface area contributed by atoms with Gasteiger partial charge in [0.15, 0.2) is 0 Å². The summed E-state index contributed by atoms with van der Waals surface area (Å²) in [6, 6.07) is 1.62. The van der Waals surface area contributed by atoms with Crippen molar-refractivity contribution < 1.29 is 8.42 Å². The van der Waals surface area contributed by atoms with Gasteiger partial charge in [0, 0.05) is 19.3 Å². The van der Waals surface area contributed by atoms with E-state index in [2.05, 4.69) is 20.0 Å². The number of nitrogens with one attached hydrogen (secondary N) is 2. The molecule has 7 nitrogen and oxygen atoms in total. The number of nitrogens with two attached hydrogens (primary N) is 1. The smallest absolute Gasteiger partial charge is 0.221 e. The Bertz CT molecular complexity index is 434. The summed E-state index contributed by atoms with van der Waals surface area (Å²) in [6.07, 6.45) is 1.50. The topological polar surface area (TPSA) is 110 Å². The van der Waals surface area contributed by atoms with Crippen LogP contribution in [0.25, 0.3) is 0 Å². The van der Waals surface area contributed by atoms with E-state index in [1.54, 1.807) is 13.0 Å². The number of rotatable bonds is 6. The van der Waals surface area contributed by atoms with Crippen LogP contribution in [-0.2, 0) is 10.0 Å². The van der Waals surface area contributed by atoms with Crippen molar-refractivity contribution in [1.82, 2.24) is 14.7 Å². The summed E-state index contributed by atoms with van der Waals surface area (Å²) in [4.78, 5) is 7.60. The van der Waals surface area contributed by atoms with Gasteiger partial charge in [0.2, 0.25) is 16.0 Å². The third-order valence-corrected chi connectivity index (χ3v) is 3.19. The highest BCUT2D eigenvalue weighted by Crippen LogP contribution is 2.01. The van der Waals surface area contributed by atoms with Crippen LogP contribution >= 0.6 is 0 Å². The van der Waals surface area contributed by atoms with Crippen molar-refractivity contribution in [2.24, 2.45) is 0 Å². The maximum atomic E-state index is 11.3. The highest BCUT2D eigenvalue weighted by Gasteiger charge is 2.07. The molecular formula is C8H15N5O2S. The Morgan fingerprint density at radius 2 is 2.25 bits per heavy atom. The fraction of sp³-hybridized carbons (Fsp3) is 0.500. The highest BCUT2D eigenvalue weighted by atomic mass is 32.2. The van der Waals surface area contributed by atoms with Gasteiger partial charge in [-0.25, -0.2) is 18.1 Å². The molecule has 0 radical (unpaired) electrons. The quantitative estimate of drug-likeness (QED) is 0.618. The Labute approximate surface area is 94.5 Å². The highest BCUT2D eigenvalue weighted by molar-refractivity contribution is 7.89. The maximum absolute atomic E-state index is 11.3. The molecular weight excluding hydrogens is 230 g/mol. The molecule has 1 aromatic heterocycles. The molecule has 0 atom stereocenters. The van der Waals surface area contributed by atoms with Crippen LogP contribution in [0.4, 0.5) is 11.8 Å². The van der Waals surface area contributed by atoms with Gasteiger partial charge in [-0.2, -0.15) is 4.98 Å². The first-order chi connectivity index (χ1) is 7.53. The van der Waals surface area contributed by atoms with E-state index in [4.69, 9.17) is 5.73 Å². The van der Waals surface area contributed by atoms with E-state index in [0.717, 1.165) is 0 Å². The summed E-state index contributed by atoms with van der Waals surface area (Å²) in [7, 11) is -3.20. The van der Waals surface area contributed by atoms with E-state index in [0.29, 0.717) is 12.4 Å². The Morgan fingerprint density at radius 3 is 2.88 bits per heavy atom. The standard InChI is InChI=1S/C8H15N5O2S/c1-2-12-16(14,15)6-5-10-7-3-4-11-8(9)13-7/h3-4,12H,2,5-6H2,1H3,(H3,9,10,11,13). The monoisotopic (exact) mass is 245 g/mol. The van der Waals surface area contributed by atoms with Gasteiger partial charge in [-0.1, -0.05) is 6.92 Å². The molecule has 0 aliphatic heterocycles. The van der Waals surface area contributed by atoms with Crippen molar-refractivity contribution in [3.8, 4) is 0 Å². The Hall–Kier alpha value is -1.41. The van der Waals surface area contributed by atoms with Gasteiger partial charge in [0.25, 0.3) is 0 Å². The van der Waals surface area contributed by atoms with E-state index in [-0.39, 0.29) is 18.2 Å². The van der Waals surface area contributed by atoms with Crippen LogP contribution in [0.2, 0.25) is 0 Å². The van der Waals surface area contributed by atoms with Crippen molar-refractivity contribution in [3.63, 3.8) is 0 Å². The van der Waals surface area contributed by atoms with Crippen molar-refractivity contribution in [3.05, 3.63) is 12.3 Å². The first-order valence-electron chi connectivity index (χ1n) is 4.83. The average molecular weight is 245 g/mol. The Balaban J connectivity index is 2.42. The molecule has 0 aliphatic rings. The normalized spacial score (nSPS) is 11.3. The number of aromatic nitrogens is 2. The number of anilines is 2. The van der Waals surface area contributed by atoms with Crippen LogP contribution in [0.5, 0.6) is 0 Å². The number of nitrogens with zero attached hydrogens (tertiary/aromatic N) is 2. The van der Waals surface area contributed by atoms with E-state index >= 15 is 0 Å². The molecule has 1 rings (SSSR count). The zero-order valence-electron chi connectivity index (χ0n) is 8.97. The van der Waals surface area contributed by atoms with Crippen molar-refractivity contribution in [1.29, 1.82) is 0 Å². The molecule has 0 saturated heterocycles. The molecule has 8 heteroatoms. The molecule has 0 amide bonds. The summed E-state index contributed by atoms with van der Waals surface area (Å²) < 4.78 is 25.0. The van der Waals surface area contributed by atoms with Crippen molar-refractivity contribution >= 4 is 21.8 Å². The predicted octanol–water partition coefficient (Wildman–Crippen LogP) is -0.590. The van der Waals surface area contributed by atoms with Gasteiger partial charge in [-0.3, -0.25) is 0 Å². The summed E-state index contributed by atoms with van der Waals surface area (Å²) in [5.41, 5.74) is 5.37. The average Bonchev–Trinajstić information content (AvgIpc) is 2.17. The molecule has 0 aliphatic carbocycles. The lowest BCUT2D eigenvalue weighted by Gasteiger charge is -2.06. The number of hydrogen-bond donors (Lipinski definition) is 3. The van der Waals surface area contributed by atoms with E-state index in [1.807, 2.05) is 0 Å². The summed E-state index contributed by atoms with van der Waals surface area (Å²) in [5.74, 6) is 0.656. The predicted molar refractivity (Wildman–Crippen MR) is 62.4 cm³/mol. The second-order valence-corrected chi connectivity index (χ2v) is 4.97. The van der Waals surface area contributed by atoms with Gasteiger partial charge in [-0.15, -0.1) is 0 Å². The third kappa shape index (κ3) is 4.41. The second-order valence-electron chi connectivity index (χ2n) is 3.04. The first-order valence-corrected chi connectivity index (χ1v) is 6.48. The van der Waals surface area contributed by atoms with Crippen LogP contribution in [0.3, 0.4) is 0 Å². The molecule has 0 aromatic carbocycles. The lowest BCUT2D eigenvalue weighted by molar-refractivity contribution is 0.584. The molecule has 1 heterocycles. The second kappa shape index (κ2) is 5.61. The van der Waals surface area contributed by atoms with E-state index in [9.17, 15) is 8.42 Å². The molecule has 16 heavy (non-hydrogen) atoms. The largest absolute Gasteiger partial charge is 0.369 e. The zero-order chi connectivity index (χ0) is 12.0. The SMILES string of the molecule is CCNS(=O)(=O)CCNc1ccnc(N)n1. The molecule has 0 unspecified atom stereocenters. The van der Waals surface area contributed by atoms with E-state index < -0.39 is 10.0 Å². The molecule has 4 N–H and O–H groups in total. The zero-order valence-corrected chi connectivity index (χ0v) is 9.79. The van der Waals surface area contributed by atoms with Crippen molar-refractivity contribution in [2.45, 2.75) is 6.92 Å². The number of sulfonamides is 1. The van der Waals surface area contributed by atoms with Crippen LogP contribution < -0.4 is 15.8 Å². The van der Waals surface area contributed by atoms with Gasteiger partial charge >= 0.3 is 0 Å². The Kier molecular flexibility index (Phi) is 4.44. The molecule has 0 saturated carbocycles. The summed E-state index contributed by atoms with van der Waals surface area (Å²) in [6.45, 7) is 2.39. The minimum Gasteiger partial charge on any atom is -0.369 e. The van der Waals surface area contributed by atoms with Crippen LogP contribution in [0.15, 0.2) is 12.3 Å². The Morgan fingerprint density at radius 1 is 1.50 bits per heavy atom. The van der Waals surface area contributed by atoms with Gasteiger partial charge in [-0.05, 0) is 6.07 Å². The lowest BCUT2D eigenvalue weighted by Crippen LogP contribution is -2.29. The molecule has 90 valence electrons. The van der Waals surface area contributed by atoms with Crippen LogP contribution in [0.1, 0.15) is 6.92 Å². The molecule has 0 fully saturated rings. The minimum atomic E-state index is -3.20. The molecule has 0 bridgehead atoms. The van der Waals surface area contributed by atoms with Gasteiger partial charge < -0.3 is 11.1 Å². The fourth-order valence-electron chi connectivity index (χ4n) is 1.08. The van der Waals surface area contributed by atoms with Crippen LogP contribution in [-0.4, -0.2) is 37.2 Å². The summed E-state index contributed by atoms with van der Waals surface area (Å²) >= 11 is 0. The number of hydrogen-bond acceptors (Lipinski definition) is 6. The van der Waals surface area contributed by atoms with Crippen LogP contribution in [0, 0.1) is 0 Å². The van der Waals surface area contributed by atoms with Gasteiger partial charge in [0.05, 0.1) is 5.75 Å². The molecule has 1 aromatic rings. The number of nitrogen functional groups attached to an aromatic ring is 1.